The fraction of sp³-hybridized carbons (Fsp3) is 0.857. The van der Waals surface area contributed by atoms with Crippen LogP contribution in [0, 0.1) is 5.92 Å². The molecule has 2 N–H and O–H groups in total. The van der Waals surface area contributed by atoms with Crippen LogP contribution in [-0.4, -0.2) is 33.5 Å². The van der Waals surface area contributed by atoms with Crippen molar-refractivity contribution in [1.29, 1.82) is 0 Å². The van der Waals surface area contributed by atoms with E-state index < -0.39 is 16.3 Å². The van der Waals surface area contributed by atoms with Crippen molar-refractivity contribution in [1.82, 2.24) is 9.44 Å². The summed E-state index contributed by atoms with van der Waals surface area (Å²) in [5.41, 5.74) is 0. The Labute approximate surface area is 93.5 Å². The first-order chi connectivity index (χ1) is 6.93. The smallest absolute Gasteiger partial charge is 0.421 e. The molecule has 0 radical (unpaired) electrons. The number of ether oxygens (including phenoxy) is 1. The van der Waals surface area contributed by atoms with Crippen LogP contribution in [0.25, 0.3) is 0 Å². The van der Waals surface area contributed by atoms with E-state index in [2.05, 4.69) is 9.46 Å². The third-order valence-electron chi connectivity index (χ3n) is 2.14. The minimum atomic E-state index is -3.80. The molecule has 0 atom stereocenters. The molecule has 1 rings (SSSR count). The summed E-state index contributed by atoms with van der Waals surface area (Å²) in [6, 6.07) is 0. The molecule has 0 aromatic heterocycles. The quantitative estimate of drug-likeness (QED) is 0.704. The lowest BCUT2D eigenvalue weighted by molar-refractivity contribution is 0.177. The number of nitrogens with one attached hydrogen (secondary N) is 2. The largest absolute Gasteiger partial charge is 0.452 e. The van der Waals surface area contributed by atoms with Gasteiger partial charge < -0.3 is 4.74 Å². The van der Waals surface area contributed by atoms with Crippen LogP contribution >= 0.6 is 11.6 Å². The lowest BCUT2D eigenvalue weighted by atomic mass is 9.85. The maximum Gasteiger partial charge on any atom is 0.421 e. The molecule has 0 aromatic carbocycles. The molecule has 15 heavy (non-hydrogen) atoms. The highest BCUT2D eigenvalue weighted by Crippen LogP contribution is 2.31. The summed E-state index contributed by atoms with van der Waals surface area (Å²) in [6.07, 6.45) is 0.580. The molecule has 1 aliphatic carbocycles. The number of methoxy groups -OCH3 is 1. The van der Waals surface area contributed by atoms with Crippen molar-refractivity contribution in [3.05, 3.63) is 0 Å². The predicted molar refractivity (Wildman–Crippen MR) is 54.8 cm³/mol. The predicted octanol–water partition coefficient (Wildman–Crippen LogP) is 0.194. The van der Waals surface area contributed by atoms with Gasteiger partial charge in [-0.15, -0.1) is 11.6 Å². The zero-order chi connectivity index (χ0) is 11.5. The van der Waals surface area contributed by atoms with E-state index in [0.29, 0.717) is 0 Å². The van der Waals surface area contributed by atoms with Crippen molar-refractivity contribution in [3.8, 4) is 0 Å². The van der Waals surface area contributed by atoms with E-state index >= 15 is 0 Å². The van der Waals surface area contributed by atoms with Gasteiger partial charge in [0.25, 0.3) is 0 Å². The fourth-order valence-electron chi connectivity index (χ4n) is 1.24. The average molecular weight is 257 g/mol. The van der Waals surface area contributed by atoms with Gasteiger partial charge in [-0.2, -0.15) is 13.1 Å². The van der Waals surface area contributed by atoms with Crippen LogP contribution in [-0.2, 0) is 14.9 Å². The van der Waals surface area contributed by atoms with E-state index in [1.54, 1.807) is 4.72 Å². The Kier molecular flexibility index (Phi) is 4.18. The molecular formula is C7H13ClN2O4S. The summed E-state index contributed by atoms with van der Waals surface area (Å²) in [4.78, 5) is 10.6. The Morgan fingerprint density at radius 2 is 2.13 bits per heavy atom. The molecule has 0 bridgehead atoms. The van der Waals surface area contributed by atoms with Crippen molar-refractivity contribution in [2.75, 3.05) is 13.7 Å². The molecule has 0 spiro atoms. The van der Waals surface area contributed by atoms with Crippen LogP contribution < -0.4 is 9.44 Å². The van der Waals surface area contributed by atoms with Gasteiger partial charge >= 0.3 is 16.3 Å². The molecule has 0 heterocycles. The molecule has 8 heteroatoms. The van der Waals surface area contributed by atoms with Crippen LogP contribution in [0.3, 0.4) is 0 Å². The molecule has 1 saturated carbocycles. The van der Waals surface area contributed by atoms with Gasteiger partial charge in [0.15, 0.2) is 0 Å². The summed E-state index contributed by atoms with van der Waals surface area (Å²) in [6.45, 7) is 0.287. The Balaban J connectivity index is 2.27. The van der Waals surface area contributed by atoms with Crippen LogP contribution in [0.5, 0.6) is 0 Å². The van der Waals surface area contributed by atoms with Crippen molar-refractivity contribution in [3.63, 3.8) is 0 Å². The normalized spacial score (nSPS) is 25.5. The maximum atomic E-state index is 11.2. The molecule has 0 aromatic rings. The van der Waals surface area contributed by atoms with Crippen LogP contribution in [0.1, 0.15) is 12.8 Å². The second-order valence-electron chi connectivity index (χ2n) is 3.38. The molecule has 0 unspecified atom stereocenters. The van der Waals surface area contributed by atoms with E-state index in [0.717, 1.165) is 20.0 Å². The highest BCUT2D eigenvalue weighted by molar-refractivity contribution is 7.88. The van der Waals surface area contributed by atoms with Crippen molar-refractivity contribution < 1.29 is 17.9 Å². The summed E-state index contributed by atoms with van der Waals surface area (Å²) in [5.74, 6) is 0.252. The molecule has 6 nitrogen and oxygen atoms in total. The first-order valence-electron chi connectivity index (χ1n) is 4.42. The summed E-state index contributed by atoms with van der Waals surface area (Å²) in [7, 11) is -2.71. The van der Waals surface area contributed by atoms with Crippen molar-refractivity contribution >= 4 is 27.9 Å². The number of carbonyl (C=O) groups is 1. The third-order valence-corrected chi connectivity index (χ3v) is 3.48. The Hall–Kier alpha value is -0.530. The van der Waals surface area contributed by atoms with E-state index in [1.807, 2.05) is 0 Å². The fourth-order valence-corrected chi connectivity index (χ4v) is 2.57. The highest BCUT2D eigenvalue weighted by Gasteiger charge is 2.28. The Morgan fingerprint density at radius 3 is 2.60 bits per heavy atom. The van der Waals surface area contributed by atoms with Gasteiger partial charge in [0, 0.05) is 11.9 Å². The number of halogens is 1. The van der Waals surface area contributed by atoms with Gasteiger partial charge in [0.05, 0.1) is 7.11 Å². The third kappa shape index (κ3) is 4.23. The first-order valence-corrected chi connectivity index (χ1v) is 6.34. The Bertz CT molecular complexity index is 326. The topological polar surface area (TPSA) is 84.5 Å². The lowest BCUT2D eigenvalue weighted by Gasteiger charge is -2.30. The standard InChI is InChI=1S/C7H13ClN2O4S/c1-14-7(11)10-15(12,13)9-4-5-2-6(8)3-5/h5-6,9H,2-4H2,1H3,(H,10,11). The minimum Gasteiger partial charge on any atom is -0.452 e. The van der Waals surface area contributed by atoms with E-state index in [4.69, 9.17) is 11.6 Å². The number of alkyl halides is 1. The van der Waals surface area contributed by atoms with Gasteiger partial charge in [-0.3, -0.25) is 0 Å². The highest BCUT2D eigenvalue weighted by atomic mass is 35.5. The molecule has 1 fully saturated rings. The van der Waals surface area contributed by atoms with Gasteiger partial charge in [0.1, 0.15) is 0 Å². The molecule has 0 aliphatic heterocycles. The maximum absolute atomic E-state index is 11.2. The van der Waals surface area contributed by atoms with Crippen molar-refractivity contribution in [2.24, 2.45) is 5.92 Å². The molecule has 0 saturated heterocycles. The molecule has 1 aliphatic rings. The average Bonchev–Trinajstić information content (AvgIpc) is 2.09. The summed E-state index contributed by atoms with van der Waals surface area (Å²) in [5, 5.41) is 0.146. The molecule has 88 valence electrons. The monoisotopic (exact) mass is 256 g/mol. The number of rotatable bonds is 4. The van der Waals surface area contributed by atoms with Gasteiger partial charge in [-0.1, -0.05) is 0 Å². The zero-order valence-electron chi connectivity index (χ0n) is 8.20. The molecule has 1 amide bonds. The lowest BCUT2D eigenvalue weighted by Crippen LogP contribution is -2.44. The number of carbonyl (C=O) groups excluding carboxylic acids is 1. The summed E-state index contributed by atoms with van der Waals surface area (Å²) < 4.78 is 30.4. The first kappa shape index (κ1) is 12.5. The van der Waals surface area contributed by atoms with Gasteiger partial charge in [0.2, 0.25) is 0 Å². The second kappa shape index (κ2) is 5.00. The van der Waals surface area contributed by atoms with E-state index in [9.17, 15) is 13.2 Å². The van der Waals surface area contributed by atoms with E-state index in [-0.39, 0.29) is 17.8 Å². The van der Waals surface area contributed by atoms with Crippen LogP contribution in [0.4, 0.5) is 4.79 Å². The Morgan fingerprint density at radius 1 is 1.53 bits per heavy atom. The number of amides is 1. The van der Waals surface area contributed by atoms with Crippen molar-refractivity contribution in [2.45, 2.75) is 18.2 Å². The zero-order valence-corrected chi connectivity index (χ0v) is 9.77. The van der Waals surface area contributed by atoms with Crippen LogP contribution in [0.2, 0.25) is 0 Å². The van der Waals surface area contributed by atoms with Crippen LogP contribution in [0.15, 0.2) is 0 Å². The minimum absolute atomic E-state index is 0.146. The number of hydrogen-bond donors (Lipinski definition) is 2. The molecular weight excluding hydrogens is 244 g/mol. The van der Waals surface area contributed by atoms with Gasteiger partial charge in [-0.05, 0) is 18.8 Å². The SMILES string of the molecule is COC(=O)NS(=O)(=O)NCC1CC(Cl)C1. The van der Waals surface area contributed by atoms with Gasteiger partial charge in [-0.25, -0.2) is 9.52 Å². The second-order valence-corrected chi connectivity index (χ2v) is 5.50. The number of hydrogen-bond acceptors (Lipinski definition) is 4. The van der Waals surface area contributed by atoms with E-state index in [1.165, 1.54) is 0 Å². The summed E-state index contributed by atoms with van der Waals surface area (Å²) >= 11 is 5.73.